The van der Waals surface area contributed by atoms with Crippen LogP contribution >= 0.6 is 0 Å². The smallest absolute Gasteiger partial charge is 0.311 e. The lowest BCUT2D eigenvalue weighted by atomic mass is 10.2. The minimum atomic E-state index is -0.716. The van der Waals surface area contributed by atoms with Crippen molar-refractivity contribution in [1.29, 1.82) is 0 Å². The second-order valence-corrected chi connectivity index (χ2v) is 5.28. The Balaban J connectivity index is 2.30. The van der Waals surface area contributed by atoms with E-state index in [-0.39, 0.29) is 12.5 Å². The van der Waals surface area contributed by atoms with E-state index in [1.54, 1.807) is 0 Å². The standard InChI is InChI=1S/C13H24N4O3/c1-10(2)8-15-11(18)9-16-12(19)13(20)17-6-3-4-14-5-7-17/h10,14H,3-9H2,1-2H3,(H,15,18)(H,16,19). The lowest BCUT2D eigenvalue weighted by Gasteiger charge is -2.19. The average molecular weight is 284 g/mol. The first-order valence-electron chi connectivity index (χ1n) is 7.05. The molecule has 0 atom stereocenters. The Kier molecular flexibility index (Phi) is 7.00. The molecule has 0 aliphatic carbocycles. The second-order valence-electron chi connectivity index (χ2n) is 5.28. The van der Waals surface area contributed by atoms with Crippen LogP contribution in [-0.2, 0) is 14.4 Å². The molecule has 1 rings (SSSR count). The first-order chi connectivity index (χ1) is 9.50. The van der Waals surface area contributed by atoms with Crippen molar-refractivity contribution in [2.45, 2.75) is 20.3 Å². The van der Waals surface area contributed by atoms with Crippen molar-refractivity contribution in [1.82, 2.24) is 20.9 Å². The summed E-state index contributed by atoms with van der Waals surface area (Å²) in [7, 11) is 0. The molecule has 0 unspecified atom stereocenters. The van der Waals surface area contributed by atoms with Gasteiger partial charge in [-0.15, -0.1) is 0 Å². The van der Waals surface area contributed by atoms with Crippen LogP contribution < -0.4 is 16.0 Å². The van der Waals surface area contributed by atoms with E-state index in [9.17, 15) is 14.4 Å². The SMILES string of the molecule is CC(C)CNC(=O)CNC(=O)C(=O)N1CCCNCC1. The van der Waals surface area contributed by atoms with Crippen LogP contribution in [0, 0.1) is 5.92 Å². The lowest BCUT2D eigenvalue weighted by molar-refractivity contribution is -0.146. The predicted octanol–water partition coefficient (Wildman–Crippen LogP) is -1.30. The molecular weight excluding hydrogens is 260 g/mol. The first kappa shape index (κ1) is 16.4. The van der Waals surface area contributed by atoms with Gasteiger partial charge in [0.05, 0.1) is 6.54 Å². The minimum Gasteiger partial charge on any atom is -0.354 e. The Labute approximate surface area is 119 Å². The molecule has 0 aromatic heterocycles. The van der Waals surface area contributed by atoms with Crippen LogP contribution in [0.15, 0.2) is 0 Å². The molecule has 1 aliphatic heterocycles. The van der Waals surface area contributed by atoms with Gasteiger partial charge in [-0.1, -0.05) is 13.8 Å². The van der Waals surface area contributed by atoms with Crippen LogP contribution in [0.1, 0.15) is 20.3 Å². The summed E-state index contributed by atoms with van der Waals surface area (Å²) in [6.45, 7) is 6.98. The maximum Gasteiger partial charge on any atom is 0.311 e. The van der Waals surface area contributed by atoms with Gasteiger partial charge in [0.15, 0.2) is 0 Å². The number of carbonyl (C=O) groups is 3. The van der Waals surface area contributed by atoms with Gasteiger partial charge in [-0.25, -0.2) is 0 Å². The summed E-state index contributed by atoms with van der Waals surface area (Å²) in [6, 6.07) is 0. The largest absolute Gasteiger partial charge is 0.354 e. The van der Waals surface area contributed by atoms with E-state index in [4.69, 9.17) is 0 Å². The second kappa shape index (κ2) is 8.52. The Bertz CT molecular complexity index is 350. The lowest BCUT2D eigenvalue weighted by Crippen LogP contribution is -2.47. The fourth-order valence-corrected chi connectivity index (χ4v) is 1.81. The highest BCUT2D eigenvalue weighted by Crippen LogP contribution is 1.96. The zero-order valence-electron chi connectivity index (χ0n) is 12.2. The number of amides is 3. The highest BCUT2D eigenvalue weighted by Gasteiger charge is 2.22. The van der Waals surface area contributed by atoms with Gasteiger partial charge in [-0.3, -0.25) is 14.4 Å². The fourth-order valence-electron chi connectivity index (χ4n) is 1.81. The van der Waals surface area contributed by atoms with Crippen LogP contribution in [-0.4, -0.2) is 61.9 Å². The highest BCUT2D eigenvalue weighted by molar-refractivity contribution is 6.35. The van der Waals surface area contributed by atoms with E-state index >= 15 is 0 Å². The molecule has 114 valence electrons. The van der Waals surface area contributed by atoms with Gasteiger partial charge in [0.25, 0.3) is 0 Å². The Morgan fingerprint density at radius 3 is 2.60 bits per heavy atom. The van der Waals surface area contributed by atoms with Crippen LogP contribution in [0.5, 0.6) is 0 Å². The monoisotopic (exact) mass is 284 g/mol. The number of nitrogens with one attached hydrogen (secondary N) is 3. The van der Waals surface area contributed by atoms with Gasteiger partial charge in [-0.05, 0) is 18.9 Å². The van der Waals surface area contributed by atoms with Crippen molar-refractivity contribution >= 4 is 17.7 Å². The Hall–Kier alpha value is -1.63. The van der Waals surface area contributed by atoms with Crippen LogP contribution in [0.3, 0.4) is 0 Å². The summed E-state index contributed by atoms with van der Waals surface area (Å²) in [5.74, 6) is -1.21. The Morgan fingerprint density at radius 1 is 1.15 bits per heavy atom. The molecule has 0 radical (unpaired) electrons. The van der Waals surface area contributed by atoms with Gasteiger partial charge < -0.3 is 20.9 Å². The molecule has 20 heavy (non-hydrogen) atoms. The Morgan fingerprint density at radius 2 is 1.90 bits per heavy atom. The molecule has 0 saturated carbocycles. The van der Waals surface area contributed by atoms with Gasteiger partial charge in [0.2, 0.25) is 5.91 Å². The van der Waals surface area contributed by atoms with E-state index in [0.717, 1.165) is 13.0 Å². The van der Waals surface area contributed by atoms with Crippen molar-refractivity contribution in [2.24, 2.45) is 5.92 Å². The quantitative estimate of drug-likeness (QED) is 0.560. The van der Waals surface area contributed by atoms with E-state index < -0.39 is 11.8 Å². The van der Waals surface area contributed by atoms with Crippen LogP contribution in [0.2, 0.25) is 0 Å². The van der Waals surface area contributed by atoms with Gasteiger partial charge in [0.1, 0.15) is 0 Å². The molecule has 7 heteroatoms. The van der Waals surface area contributed by atoms with E-state index in [2.05, 4.69) is 16.0 Å². The number of hydrogen-bond acceptors (Lipinski definition) is 4. The third kappa shape index (κ3) is 6.01. The molecule has 1 fully saturated rings. The minimum absolute atomic E-state index is 0.163. The molecule has 0 aromatic rings. The first-order valence-corrected chi connectivity index (χ1v) is 7.05. The molecule has 3 amide bonds. The molecule has 3 N–H and O–H groups in total. The third-order valence-electron chi connectivity index (χ3n) is 2.94. The van der Waals surface area contributed by atoms with E-state index in [1.807, 2.05) is 13.8 Å². The van der Waals surface area contributed by atoms with Crippen LogP contribution in [0.4, 0.5) is 0 Å². The molecule has 1 saturated heterocycles. The van der Waals surface area contributed by atoms with Crippen molar-refractivity contribution in [3.05, 3.63) is 0 Å². The van der Waals surface area contributed by atoms with Gasteiger partial charge in [-0.2, -0.15) is 0 Å². The van der Waals surface area contributed by atoms with Crippen molar-refractivity contribution in [3.63, 3.8) is 0 Å². The maximum atomic E-state index is 11.9. The number of carbonyl (C=O) groups excluding carboxylic acids is 3. The highest BCUT2D eigenvalue weighted by atomic mass is 16.2. The van der Waals surface area contributed by atoms with Crippen LogP contribution in [0.25, 0.3) is 0 Å². The zero-order chi connectivity index (χ0) is 15.0. The van der Waals surface area contributed by atoms with E-state index in [1.165, 1.54) is 4.90 Å². The molecule has 0 aromatic carbocycles. The summed E-state index contributed by atoms with van der Waals surface area (Å²) in [4.78, 5) is 36.5. The average Bonchev–Trinajstić information content (AvgIpc) is 2.70. The van der Waals surface area contributed by atoms with Gasteiger partial charge >= 0.3 is 11.8 Å². The zero-order valence-corrected chi connectivity index (χ0v) is 12.2. The van der Waals surface area contributed by atoms with Crippen molar-refractivity contribution in [2.75, 3.05) is 39.3 Å². The topological polar surface area (TPSA) is 90.5 Å². The number of nitrogens with zero attached hydrogens (tertiary/aromatic N) is 1. The van der Waals surface area contributed by atoms with Crippen molar-refractivity contribution < 1.29 is 14.4 Å². The van der Waals surface area contributed by atoms with E-state index in [0.29, 0.717) is 32.1 Å². The summed E-state index contributed by atoms with van der Waals surface area (Å²) in [6.07, 6.45) is 0.827. The number of hydrogen-bond donors (Lipinski definition) is 3. The molecule has 1 heterocycles. The summed E-state index contributed by atoms with van der Waals surface area (Å²) >= 11 is 0. The normalized spacial score (nSPS) is 15.7. The number of rotatable bonds is 4. The van der Waals surface area contributed by atoms with Gasteiger partial charge in [0, 0.05) is 26.2 Å². The fraction of sp³-hybridized carbons (Fsp3) is 0.769. The maximum absolute atomic E-state index is 11.9. The molecule has 0 bridgehead atoms. The van der Waals surface area contributed by atoms with Crippen molar-refractivity contribution in [3.8, 4) is 0 Å². The third-order valence-corrected chi connectivity index (χ3v) is 2.94. The summed E-state index contributed by atoms with van der Waals surface area (Å²) in [5, 5.41) is 8.20. The molecule has 0 spiro atoms. The molecular formula is C13H24N4O3. The molecule has 1 aliphatic rings. The predicted molar refractivity (Wildman–Crippen MR) is 74.9 cm³/mol. The summed E-state index contributed by atoms with van der Waals surface area (Å²) < 4.78 is 0. The summed E-state index contributed by atoms with van der Waals surface area (Å²) in [5.41, 5.74) is 0. The molecule has 7 nitrogen and oxygen atoms in total.